The molecule has 0 fully saturated rings. The first-order valence-corrected chi connectivity index (χ1v) is 31.1. The van der Waals surface area contributed by atoms with E-state index in [1.54, 1.807) is 0 Å². The first kappa shape index (κ1) is 46.7. The van der Waals surface area contributed by atoms with Gasteiger partial charge in [-0.05, 0) is 0 Å². The molecule has 0 radical (unpaired) electrons. The second-order valence-corrected chi connectivity index (χ2v) is 32.7. The SMILES string of the molecule is CCCCCCCCCCCCCCCCP(CCCC)(CCCC)(CCCC)OS(=O)(=O)CC[Si](C)(C)O[Si](C)(C)CCCC. The Balaban J connectivity index is 5.41. The summed E-state index contributed by atoms with van der Waals surface area (Å²) in [7, 11) is -7.54. The van der Waals surface area contributed by atoms with Crippen molar-refractivity contribution in [3.8, 4) is 0 Å². The van der Waals surface area contributed by atoms with Gasteiger partial charge in [-0.3, -0.25) is 0 Å². The molecule has 0 amide bonds. The molecular formula is C38H85O4PSSi2. The molecule has 0 N–H and O–H groups in total. The van der Waals surface area contributed by atoms with E-state index in [1.807, 2.05) is 0 Å². The van der Waals surface area contributed by atoms with Crippen LogP contribution in [0.1, 0.15) is 176 Å². The van der Waals surface area contributed by atoms with Gasteiger partial charge in [0.15, 0.2) is 0 Å². The van der Waals surface area contributed by atoms with Crippen molar-refractivity contribution >= 4 is 33.6 Å². The third-order valence-corrected chi connectivity index (χ3v) is 27.2. The third-order valence-electron chi connectivity index (χ3n) is 10.3. The fourth-order valence-electron chi connectivity index (χ4n) is 7.38. The van der Waals surface area contributed by atoms with Crippen molar-refractivity contribution < 1.29 is 16.5 Å². The monoisotopic (exact) mass is 725 g/mol. The van der Waals surface area contributed by atoms with Crippen LogP contribution in [-0.2, 0) is 18.2 Å². The molecule has 4 nitrogen and oxygen atoms in total. The van der Waals surface area contributed by atoms with E-state index in [9.17, 15) is 8.42 Å². The van der Waals surface area contributed by atoms with Crippen LogP contribution in [0.25, 0.3) is 0 Å². The molecule has 0 aromatic rings. The zero-order valence-electron chi connectivity index (χ0n) is 33.0. The Morgan fingerprint density at radius 2 is 0.761 bits per heavy atom. The average molecular weight is 725 g/mol. The van der Waals surface area contributed by atoms with E-state index < -0.39 is 33.6 Å². The molecular weight excluding hydrogens is 640 g/mol. The molecule has 0 spiro atoms. The molecule has 0 aliphatic carbocycles. The predicted octanol–water partition coefficient (Wildman–Crippen LogP) is 13.9. The van der Waals surface area contributed by atoms with Gasteiger partial charge >= 0.3 is 268 Å². The molecule has 280 valence electrons. The standard InChI is InChI=1S/C38H85O4PSSi2/c1-10-15-20-21-22-23-24-25-26-27-28-29-30-31-35-43(32-16-11-2,33-17-12-3,34-18-13-4)41-44(39,40)36-38-46(8,9)42-45(6,7)37-19-14-5/h10-38H2,1-9H3. The molecule has 0 unspecified atom stereocenters. The number of hydrogen-bond acceptors (Lipinski definition) is 4. The molecule has 0 aliphatic rings. The van der Waals surface area contributed by atoms with E-state index in [0.717, 1.165) is 75.6 Å². The Morgan fingerprint density at radius 1 is 0.435 bits per heavy atom. The zero-order chi connectivity index (χ0) is 34.9. The Hall–Kier alpha value is 0.734. The molecule has 8 heteroatoms. The quantitative estimate of drug-likeness (QED) is 0.0377. The van der Waals surface area contributed by atoms with Crippen LogP contribution in [-0.4, -0.2) is 55.5 Å². The summed E-state index contributed by atoms with van der Waals surface area (Å²) in [5, 5.41) is 0. The van der Waals surface area contributed by atoms with Gasteiger partial charge in [-0.15, -0.1) is 0 Å². The van der Waals surface area contributed by atoms with Gasteiger partial charge in [-0.25, -0.2) is 0 Å². The molecule has 46 heavy (non-hydrogen) atoms. The average Bonchev–Trinajstić information content (AvgIpc) is 3.00. The van der Waals surface area contributed by atoms with Crippen molar-refractivity contribution in [2.24, 2.45) is 0 Å². The van der Waals surface area contributed by atoms with Crippen LogP contribution in [0.15, 0.2) is 0 Å². The second-order valence-electron chi connectivity index (χ2n) is 16.2. The minimum absolute atomic E-state index is 0.130. The topological polar surface area (TPSA) is 52.6 Å². The van der Waals surface area contributed by atoms with Crippen molar-refractivity contribution in [3.05, 3.63) is 0 Å². The van der Waals surface area contributed by atoms with Gasteiger partial charge in [0.25, 0.3) is 0 Å². The van der Waals surface area contributed by atoms with Crippen LogP contribution >= 0.6 is 6.83 Å². The van der Waals surface area contributed by atoms with Gasteiger partial charge in [0.05, 0.1) is 0 Å². The maximum absolute atomic E-state index is 14.1. The normalized spacial score (nSPS) is 14.1. The van der Waals surface area contributed by atoms with Gasteiger partial charge in [0, 0.05) is 0 Å². The van der Waals surface area contributed by atoms with Crippen LogP contribution < -0.4 is 0 Å². The van der Waals surface area contributed by atoms with Gasteiger partial charge in [-0.1, -0.05) is 26.2 Å². The summed E-state index contributed by atoms with van der Waals surface area (Å²) < 4.78 is 41.8. The van der Waals surface area contributed by atoms with Crippen LogP contribution in [0.4, 0.5) is 0 Å². The number of rotatable bonds is 34. The number of unbranched alkanes of at least 4 members (excludes halogenated alkanes) is 17. The summed E-state index contributed by atoms with van der Waals surface area (Å²) in [5.41, 5.74) is 0. The second kappa shape index (κ2) is 25.6. The fraction of sp³-hybridized carbons (Fsp3) is 1.00. The first-order chi connectivity index (χ1) is 21.7. The van der Waals surface area contributed by atoms with Crippen LogP contribution in [0.5, 0.6) is 0 Å². The van der Waals surface area contributed by atoms with Crippen molar-refractivity contribution in [3.63, 3.8) is 0 Å². The Kier molecular flexibility index (Phi) is 26.1. The number of hydrogen-bond donors (Lipinski definition) is 0. The van der Waals surface area contributed by atoms with Crippen molar-refractivity contribution in [1.29, 1.82) is 0 Å². The van der Waals surface area contributed by atoms with Gasteiger partial charge < -0.3 is 0 Å². The van der Waals surface area contributed by atoms with Gasteiger partial charge in [-0.2, -0.15) is 0 Å². The minimum atomic E-state index is -3.64. The Bertz CT molecular complexity index is 810. The summed E-state index contributed by atoms with van der Waals surface area (Å²) in [6.07, 6.45) is 31.8. The van der Waals surface area contributed by atoms with Crippen molar-refractivity contribution in [2.75, 3.05) is 30.4 Å². The van der Waals surface area contributed by atoms with Crippen LogP contribution in [0.2, 0.25) is 38.3 Å². The van der Waals surface area contributed by atoms with Gasteiger partial charge in [0.1, 0.15) is 0 Å². The van der Waals surface area contributed by atoms with Crippen molar-refractivity contribution in [2.45, 2.75) is 214 Å². The molecule has 0 saturated carbocycles. The third kappa shape index (κ3) is 22.5. The van der Waals surface area contributed by atoms with Crippen molar-refractivity contribution in [1.82, 2.24) is 0 Å². The van der Waals surface area contributed by atoms with Crippen LogP contribution in [0.3, 0.4) is 0 Å². The van der Waals surface area contributed by atoms with E-state index in [2.05, 4.69) is 60.8 Å². The van der Waals surface area contributed by atoms with E-state index in [4.69, 9.17) is 8.09 Å². The molecule has 0 rings (SSSR count). The summed E-state index contributed by atoms with van der Waals surface area (Å²) in [6.45, 7) is 17.4. The fourth-order valence-corrected chi connectivity index (χ4v) is 28.1. The summed E-state index contributed by atoms with van der Waals surface area (Å²) in [6, 6.07) is 1.79. The Labute approximate surface area is 293 Å². The summed E-state index contributed by atoms with van der Waals surface area (Å²) in [5.74, 6) is 0.130. The maximum atomic E-state index is 14.1. The molecule has 0 aromatic heterocycles. The molecule has 0 aromatic carbocycles. The predicted molar refractivity (Wildman–Crippen MR) is 217 cm³/mol. The molecule has 0 heterocycles. The van der Waals surface area contributed by atoms with E-state index in [-0.39, 0.29) is 5.75 Å². The molecule has 0 aliphatic heterocycles. The first-order valence-electron chi connectivity index (χ1n) is 20.4. The summed E-state index contributed by atoms with van der Waals surface area (Å²) in [4.78, 5) is 0. The van der Waals surface area contributed by atoms with E-state index in [1.165, 1.54) is 96.3 Å². The van der Waals surface area contributed by atoms with E-state index in [0.29, 0.717) is 6.04 Å². The Morgan fingerprint density at radius 3 is 1.15 bits per heavy atom. The van der Waals surface area contributed by atoms with E-state index >= 15 is 0 Å². The summed E-state index contributed by atoms with van der Waals surface area (Å²) >= 11 is 0. The van der Waals surface area contributed by atoms with Gasteiger partial charge in [0.2, 0.25) is 0 Å². The molecule has 0 atom stereocenters. The van der Waals surface area contributed by atoms with Crippen LogP contribution in [0, 0.1) is 0 Å². The molecule has 0 bridgehead atoms. The zero-order valence-corrected chi connectivity index (χ0v) is 36.7. The molecule has 0 saturated heterocycles.